The second-order valence-corrected chi connectivity index (χ2v) is 5.66. The third-order valence-corrected chi connectivity index (χ3v) is 3.66. The van der Waals surface area contributed by atoms with Gasteiger partial charge in [-0.2, -0.15) is 0 Å². The number of aliphatic carboxylic acids is 1. The zero-order valence-corrected chi connectivity index (χ0v) is 14.3. The van der Waals surface area contributed by atoms with Crippen molar-refractivity contribution in [3.05, 3.63) is 57.1 Å². The van der Waals surface area contributed by atoms with E-state index in [0.29, 0.717) is 10.5 Å². The SMILES string of the molecule is O=C(O)CN(C(=O)OCc1ccc([N+](=O)[O-])cc1)c1cc(O)c(O)cc1Cl. The molecule has 0 atom stereocenters. The lowest BCUT2D eigenvalue weighted by Gasteiger charge is -2.22. The highest BCUT2D eigenvalue weighted by molar-refractivity contribution is 6.34. The predicted octanol–water partition coefficient (Wildman–Crippen LogP) is 2.89. The highest BCUT2D eigenvalue weighted by Gasteiger charge is 2.24. The summed E-state index contributed by atoms with van der Waals surface area (Å²) in [6.07, 6.45) is -1.08. The van der Waals surface area contributed by atoms with Crippen LogP contribution in [-0.4, -0.2) is 38.9 Å². The summed E-state index contributed by atoms with van der Waals surface area (Å²) in [6.45, 7) is -1.10. The first-order valence-corrected chi connectivity index (χ1v) is 7.67. The number of anilines is 1. The van der Waals surface area contributed by atoms with Crippen LogP contribution in [0.3, 0.4) is 0 Å². The smallest absolute Gasteiger partial charge is 0.415 e. The molecule has 0 spiro atoms. The Morgan fingerprint density at radius 2 is 1.74 bits per heavy atom. The average molecular weight is 397 g/mol. The van der Waals surface area contributed by atoms with Crippen molar-refractivity contribution in [3.63, 3.8) is 0 Å². The Hall–Kier alpha value is -3.53. The molecule has 0 radical (unpaired) electrons. The van der Waals surface area contributed by atoms with Gasteiger partial charge in [0.2, 0.25) is 0 Å². The van der Waals surface area contributed by atoms with Crippen LogP contribution in [0.25, 0.3) is 0 Å². The van der Waals surface area contributed by atoms with E-state index in [0.717, 1.165) is 12.1 Å². The lowest BCUT2D eigenvalue weighted by molar-refractivity contribution is -0.384. The molecule has 0 fully saturated rings. The van der Waals surface area contributed by atoms with E-state index in [-0.39, 0.29) is 23.0 Å². The number of non-ortho nitro benzene ring substituents is 1. The third kappa shape index (κ3) is 4.98. The molecule has 10 nitrogen and oxygen atoms in total. The van der Waals surface area contributed by atoms with E-state index in [1.165, 1.54) is 24.3 Å². The van der Waals surface area contributed by atoms with Gasteiger partial charge < -0.3 is 20.1 Å². The van der Waals surface area contributed by atoms with E-state index in [4.69, 9.17) is 21.4 Å². The normalized spacial score (nSPS) is 10.3. The summed E-state index contributed by atoms with van der Waals surface area (Å²) in [5, 5.41) is 38.4. The Morgan fingerprint density at radius 1 is 1.15 bits per heavy atom. The lowest BCUT2D eigenvalue weighted by atomic mass is 10.2. The summed E-state index contributed by atoms with van der Waals surface area (Å²) < 4.78 is 5.02. The molecule has 0 heterocycles. The van der Waals surface area contributed by atoms with Crippen molar-refractivity contribution in [2.45, 2.75) is 6.61 Å². The second-order valence-electron chi connectivity index (χ2n) is 5.25. The van der Waals surface area contributed by atoms with Crippen LogP contribution in [0.4, 0.5) is 16.2 Å². The number of phenols is 2. The topological polar surface area (TPSA) is 150 Å². The molecule has 0 saturated carbocycles. The van der Waals surface area contributed by atoms with Crippen LogP contribution in [0.15, 0.2) is 36.4 Å². The maximum absolute atomic E-state index is 12.3. The Labute approximate surface area is 156 Å². The number of ether oxygens (including phenoxy) is 1. The Balaban J connectivity index is 2.19. The van der Waals surface area contributed by atoms with Crippen LogP contribution in [0.2, 0.25) is 5.02 Å². The molecule has 0 bridgehead atoms. The van der Waals surface area contributed by atoms with Crippen LogP contribution < -0.4 is 4.90 Å². The molecule has 0 unspecified atom stereocenters. The summed E-state index contributed by atoms with van der Waals surface area (Å²) >= 11 is 5.91. The zero-order valence-electron chi connectivity index (χ0n) is 13.5. The molecule has 0 aliphatic carbocycles. The Kier molecular flexibility index (Phi) is 6.03. The number of benzene rings is 2. The zero-order chi connectivity index (χ0) is 20.1. The van der Waals surface area contributed by atoms with E-state index in [9.17, 15) is 29.9 Å². The van der Waals surface area contributed by atoms with Crippen LogP contribution in [-0.2, 0) is 16.1 Å². The minimum absolute atomic E-state index is 0.135. The van der Waals surface area contributed by atoms with Crippen molar-refractivity contribution in [1.82, 2.24) is 0 Å². The van der Waals surface area contributed by atoms with E-state index >= 15 is 0 Å². The fourth-order valence-corrected chi connectivity index (χ4v) is 2.33. The lowest BCUT2D eigenvalue weighted by Crippen LogP contribution is -2.36. The fraction of sp³-hybridized carbons (Fsp3) is 0.125. The molecular formula is C16H13ClN2O8. The molecule has 11 heteroatoms. The Bertz CT molecular complexity index is 885. The molecule has 0 aliphatic rings. The van der Waals surface area contributed by atoms with Crippen molar-refractivity contribution in [1.29, 1.82) is 0 Å². The number of nitrogens with zero attached hydrogens (tertiary/aromatic N) is 2. The van der Waals surface area contributed by atoms with Crippen molar-refractivity contribution in [2.24, 2.45) is 0 Å². The van der Waals surface area contributed by atoms with Crippen LogP contribution in [0.1, 0.15) is 5.56 Å². The number of aromatic hydroxyl groups is 2. The quantitative estimate of drug-likeness (QED) is 0.383. The monoisotopic (exact) mass is 396 g/mol. The van der Waals surface area contributed by atoms with E-state index in [1.54, 1.807) is 0 Å². The predicted molar refractivity (Wildman–Crippen MR) is 93.0 cm³/mol. The fourth-order valence-electron chi connectivity index (χ4n) is 2.07. The number of carbonyl (C=O) groups excluding carboxylic acids is 1. The van der Waals surface area contributed by atoms with Gasteiger partial charge in [-0.05, 0) is 17.7 Å². The summed E-state index contributed by atoms with van der Waals surface area (Å²) in [5.74, 6) is -2.52. The number of halogens is 1. The Morgan fingerprint density at radius 3 is 2.30 bits per heavy atom. The summed E-state index contributed by atoms with van der Waals surface area (Å²) in [4.78, 5) is 34.1. The molecule has 27 heavy (non-hydrogen) atoms. The summed E-state index contributed by atoms with van der Waals surface area (Å²) in [7, 11) is 0. The van der Waals surface area contributed by atoms with Crippen LogP contribution >= 0.6 is 11.6 Å². The minimum atomic E-state index is -1.37. The van der Waals surface area contributed by atoms with Crippen molar-refractivity contribution < 1.29 is 34.6 Å². The van der Waals surface area contributed by atoms with Gasteiger partial charge in [0.05, 0.1) is 15.6 Å². The largest absolute Gasteiger partial charge is 0.504 e. The third-order valence-electron chi connectivity index (χ3n) is 3.36. The van der Waals surface area contributed by atoms with Crippen molar-refractivity contribution >= 4 is 35.0 Å². The number of hydrogen-bond donors (Lipinski definition) is 3. The van der Waals surface area contributed by atoms with Gasteiger partial charge >= 0.3 is 12.1 Å². The number of phenolic OH excluding ortho intramolecular Hbond substituents is 2. The molecule has 0 aliphatic heterocycles. The van der Waals surface area contributed by atoms with E-state index < -0.39 is 35.0 Å². The maximum atomic E-state index is 12.3. The van der Waals surface area contributed by atoms with Crippen molar-refractivity contribution in [2.75, 3.05) is 11.4 Å². The molecule has 3 N–H and O–H groups in total. The summed E-state index contributed by atoms with van der Waals surface area (Å²) in [6, 6.07) is 7.09. The molecule has 0 aromatic heterocycles. The molecular weight excluding hydrogens is 384 g/mol. The number of carbonyl (C=O) groups is 2. The number of nitro groups is 1. The summed E-state index contributed by atoms with van der Waals surface area (Å²) in [5.41, 5.74) is 0.121. The second kappa shape index (κ2) is 8.23. The van der Waals surface area contributed by atoms with E-state index in [1.807, 2.05) is 0 Å². The first-order chi connectivity index (χ1) is 12.7. The standard InChI is InChI=1S/C16H13ClN2O8/c17-11-5-13(20)14(21)6-12(11)18(7-15(22)23)16(24)27-8-9-1-3-10(4-2-9)19(25)26/h1-6,20-21H,7-8H2,(H,22,23). The highest BCUT2D eigenvalue weighted by Crippen LogP contribution is 2.36. The van der Waals surface area contributed by atoms with Crippen LogP contribution in [0.5, 0.6) is 11.5 Å². The van der Waals surface area contributed by atoms with Gasteiger partial charge in [-0.25, -0.2) is 4.79 Å². The number of amides is 1. The van der Waals surface area contributed by atoms with Gasteiger partial charge in [0.15, 0.2) is 11.5 Å². The number of carboxylic acid groups (broad SMARTS) is 1. The van der Waals surface area contributed by atoms with Crippen LogP contribution in [0, 0.1) is 10.1 Å². The number of nitro benzene ring substituents is 1. The average Bonchev–Trinajstić information content (AvgIpc) is 2.61. The highest BCUT2D eigenvalue weighted by atomic mass is 35.5. The molecule has 2 aromatic carbocycles. The van der Waals surface area contributed by atoms with Gasteiger partial charge in [0.1, 0.15) is 13.2 Å². The number of hydrogen-bond acceptors (Lipinski definition) is 7. The molecule has 2 aromatic rings. The minimum Gasteiger partial charge on any atom is -0.504 e. The molecule has 1 amide bonds. The molecule has 0 saturated heterocycles. The van der Waals surface area contributed by atoms with E-state index in [2.05, 4.69) is 0 Å². The van der Waals surface area contributed by atoms with Gasteiger partial charge in [0.25, 0.3) is 5.69 Å². The van der Waals surface area contributed by atoms with Crippen molar-refractivity contribution in [3.8, 4) is 11.5 Å². The number of carboxylic acids is 1. The maximum Gasteiger partial charge on any atom is 0.415 e. The molecule has 2 rings (SSSR count). The molecule has 142 valence electrons. The first-order valence-electron chi connectivity index (χ1n) is 7.30. The number of rotatable bonds is 6. The van der Waals surface area contributed by atoms with Gasteiger partial charge in [-0.1, -0.05) is 11.6 Å². The van der Waals surface area contributed by atoms with Gasteiger partial charge in [-0.3, -0.25) is 19.8 Å². The van der Waals surface area contributed by atoms with Gasteiger partial charge in [-0.15, -0.1) is 0 Å². The first kappa shape index (κ1) is 19.8. The van der Waals surface area contributed by atoms with Gasteiger partial charge in [0, 0.05) is 24.3 Å².